The number of ether oxygens (including phenoxy) is 1. The third-order valence-corrected chi connectivity index (χ3v) is 11.4. The number of imide groups is 2. The van der Waals surface area contributed by atoms with Gasteiger partial charge >= 0.3 is 5.97 Å². The van der Waals surface area contributed by atoms with Crippen LogP contribution in [0.4, 0.5) is 11.4 Å². The van der Waals surface area contributed by atoms with Gasteiger partial charge in [0, 0.05) is 17.0 Å². The van der Waals surface area contributed by atoms with Gasteiger partial charge in [-0.15, -0.1) is 0 Å². The molecule has 4 aromatic rings. The Bertz CT molecular complexity index is 2250. The molecule has 2 aliphatic carbocycles. The topological polar surface area (TPSA) is 162 Å². The van der Waals surface area contributed by atoms with E-state index in [1.165, 1.54) is 19.2 Å². The summed E-state index contributed by atoms with van der Waals surface area (Å²) in [6, 6.07) is 23.8. The standard InChI is InChI=1S/C40H31ClN2O9/c1-52-32-15-10-20(16-31(32)45)34-25-13-14-27-33(37(48)42(35(27)46)24-11-12-26(38(49)50)30(44)18-24)28(25)19-29-36(47)43(23-9-5-8-22(41)17-23)39(51)40(29,34)21-6-3-2-4-7-21/h2-13,15-18,27-29,33-34,44-45H,14,19H2,1H3,(H,49,50)/t27-,28+,29-,33-,34-,40+/m0/s1. The van der Waals surface area contributed by atoms with Gasteiger partial charge in [-0.1, -0.05) is 65.7 Å². The molecule has 0 unspecified atom stereocenters. The van der Waals surface area contributed by atoms with Gasteiger partial charge in [0.2, 0.25) is 23.6 Å². The van der Waals surface area contributed by atoms with Crippen LogP contribution in [0.2, 0.25) is 5.02 Å². The molecule has 0 aromatic heterocycles. The minimum Gasteiger partial charge on any atom is -0.507 e. The van der Waals surface area contributed by atoms with E-state index >= 15 is 4.79 Å². The second-order valence-electron chi connectivity index (χ2n) is 13.5. The Morgan fingerprint density at radius 1 is 0.808 bits per heavy atom. The average molecular weight is 719 g/mol. The number of allylic oxidation sites excluding steroid dienone is 2. The number of aromatic hydroxyl groups is 2. The SMILES string of the molecule is COc1ccc([C@H]2C3=CC[C@@H]4C(=O)N(c5ccc(C(=O)O)c(O)c5)C(=O)[C@@H]4[C@@H]3C[C@H]3C(=O)N(c4cccc(Cl)c4)C(=O)[C@@]23c2ccccc2)cc1O. The highest BCUT2D eigenvalue weighted by Crippen LogP contribution is 2.65. The highest BCUT2D eigenvalue weighted by atomic mass is 35.5. The lowest BCUT2D eigenvalue weighted by Crippen LogP contribution is -2.53. The summed E-state index contributed by atoms with van der Waals surface area (Å²) in [5, 5.41) is 31.3. The molecule has 0 spiro atoms. The number of phenols is 2. The Kier molecular flexibility index (Phi) is 7.72. The van der Waals surface area contributed by atoms with E-state index in [0.717, 1.165) is 21.9 Å². The molecule has 0 bridgehead atoms. The van der Waals surface area contributed by atoms with Gasteiger partial charge in [-0.05, 0) is 72.4 Å². The zero-order chi connectivity index (χ0) is 36.6. The van der Waals surface area contributed by atoms with Crippen molar-refractivity contribution in [3.05, 3.63) is 124 Å². The number of phenolic OH excluding ortho intramolecular Hbond substituents is 1. The van der Waals surface area contributed by atoms with Crippen LogP contribution < -0.4 is 14.5 Å². The van der Waals surface area contributed by atoms with Crippen molar-refractivity contribution in [1.29, 1.82) is 0 Å². The van der Waals surface area contributed by atoms with Crippen molar-refractivity contribution >= 4 is 52.6 Å². The van der Waals surface area contributed by atoms with E-state index in [2.05, 4.69) is 0 Å². The largest absolute Gasteiger partial charge is 0.507 e. The smallest absolute Gasteiger partial charge is 0.339 e. The lowest BCUT2D eigenvalue weighted by atomic mass is 9.49. The first-order valence-electron chi connectivity index (χ1n) is 16.7. The molecule has 52 heavy (non-hydrogen) atoms. The maximum atomic E-state index is 15.3. The van der Waals surface area contributed by atoms with E-state index in [1.54, 1.807) is 48.5 Å². The molecule has 3 fully saturated rings. The quantitative estimate of drug-likeness (QED) is 0.165. The number of carboxylic acid groups (broad SMARTS) is 1. The third-order valence-electron chi connectivity index (χ3n) is 11.2. The number of nitrogens with zero attached hydrogens (tertiary/aromatic N) is 2. The van der Waals surface area contributed by atoms with Crippen LogP contribution in [0.1, 0.15) is 40.2 Å². The van der Waals surface area contributed by atoms with Crippen LogP contribution in [0, 0.1) is 23.7 Å². The van der Waals surface area contributed by atoms with E-state index in [4.69, 9.17) is 16.3 Å². The van der Waals surface area contributed by atoms with E-state index in [-0.39, 0.29) is 35.6 Å². The second kappa shape index (κ2) is 12.1. The molecule has 11 nitrogen and oxygen atoms in total. The van der Waals surface area contributed by atoms with Gasteiger partial charge in [-0.3, -0.25) is 19.2 Å². The number of aromatic carboxylic acids is 1. The lowest BCUT2D eigenvalue weighted by Gasteiger charge is -2.50. The number of amides is 4. The molecule has 6 atom stereocenters. The van der Waals surface area contributed by atoms with Gasteiger partial charge < -0.3 is 20.1 Å². The first-order chi connectivity index (χ1) is 25.0. The number of carboxylic acids is 1. The van der Waals surface area contributed by atoms with Gasteiger partial charge in [0.15, 0.2) is 11.5 Å². The Labute approximate surface area is 302 Å². The highest BCUT2D eigenvalue weighted by Gasteiger charge is 2.70. The van der Waals surface area contributed by atoms with E-state index < -0.39 is 70.4 Å². The summed E-state index contributed by atoms with van der Waals surface area (Å²) in [4.78, 5) is 72.3. The van der Waals surface area contributed by atoms with Crippen LogP contribution >= 0.6 is 11.6 Å². The summed E-state index contributed by atoms with van der Waals surface area (Å²) < 4.78 is 5.34. The number of halogens is 1. The van der Waals surface area contributed by atoms with Crippen molar-refractivity contribution in [3.63, 3.8) is 0 Å². The van der Waals surface area contributed by atoms with Crippen LogP contribution in [-0.4, -0.2) is 52.0 Å². The van der Waals surface area contributed by atoms with Crippen molar-refractivity contribution < 1.29 is 44.0 Å². The fraction of sp³-hybridized carbons (Fsp3) is 0.225. The summed E-state index contributed by atoms with van der Waals surface area (Å²) >= 11 is 6.37. The number of benzene rings is 4. The minimum atomic E-state index is -1.53. The van der Waals surface area contributed by atoms with Crippen LogP contribution in [0.15, 0.2) is 103 Å². The molecule has 1 saturated carbocycles. The van der Waals surface area contributed by atoms with Crippen LogP contribution in [-0.2, 0) is 24.6 Å². The summed E-state index contributed by atoms with van der Waals surface area (Å²) in [6.45, 7) is 0. The summed E-state index contributed by atoms with van der Waals surface area (Å²) in [5.74, 6) is -8.27. The zero-order valence-electron chi connectivity index (χ0n) is 27.6. The molecule has 2 saturated heterocycles. The number of carbonyl (C=O) groups excluding carboxylic acids is 4. The van der Waals surface area contributed by atoms with Crippen molar-refractivity contribution in [1.82, 2.24) is 0 Å². The van der Waals surface area contributed by atoms with E-state index in [0.29, 0.717) is 27.4 Å². The number of carbonyl (C=O) groups is 5. The second-order valence-corrected chi connectivity index (χ2v) is 14.0. The van der Waals surface area contributed by atoms with E-state index in [1.807, 2.05) is 24.3 Å². The summed E-state index contributed by atoms with van der Waals surface area (Å²) in [6.07, 6.45) is 2.08. The monoisotopic (exact) mass is 718 g/mol. The van der Waals surface area contributed by atoms with Crippen LogP contribution in [0.3, 0.4) is 0 Å². The van der Waals surface area contributed by atoms with Crippen LogP contribution in [0.5, 0.6) is 17.2 Å². The Morgan fingerprint density at radius 3 is 2.23 bits per heavy atom. The molecule has 4 aliphatic rings. The number of methoxy groups -OCH3 is 1. The molecule has 2 heterocycles. The number of hydrogen-bond donors (Lipinski definition) is 3. The van der Waals surface area contributed by atoms with Gasteiger partial charge in [0.05, 0.1) is 41.7 Å². The predicted octanol–water partition coefficient (Wildman–Crippen LogP) is 5.83. The van der Waals surface area contributed by atoms with Crippen molar-refractivity contribution in [3.8, 4) is 17.2 Å². The van der Waals surface area contributed by atoms with Crippen molar-refractivity contribution in [2.75, 3.05) is 16.9 Å². The minimum absolute atomic E-state index is 0.0266. The number of fused-ring (bicyclic) bond motifs is 4. The zero-order valence-corrected chi connectivity index (χ0v) is 28.4. The fourth-order valence-electron chi connectivity index (χ4n) is 9.10. The molecule has 262 valence electrons. The Hall–Kier alpha value is -5.94. The summed E-state index contributed by atoms with van der Waals surface area (Å²) in [5.41, 5.74) is 0.188. The molecule has 4 amide bonds. The predicted molar refractivity (Wildman–Crippen MR) is 188 cm³/mol. The van der Waals surface area contributed by atoms with Gasteiger partial charge in [0.25, 0.3) is 0 Å². The molecular weight excluding hydrogens is 688 g/mol. The number of rotatable bonds is 6. The Morgan fingerprint density at radius 2 is 1.56 bits per heavy atom. The average Bonchev–Trinajstić information content (AvgIpc) is 3.52. The third kappa shape index (κ3) is 4.61. The first-order valence-corrected chi connectivity index (χ1v) is 17.1. The normalized spacial score (nSPS) is 26.5. The fourth-order valence-corrected chi connectivity index (χ4v) is 9.28. The summed E-state index contributed by atoms with van der Waals surface area (Å²) in [7, 11) is 1.42. The molecule has 4 aromatic carbocycles. The van der Waals surface area contributed by atoms with Gasteiger partial charge in [0.1, 0.15) is 11.3 Å². The highest BCUT2D eigenvalue weighted by molar-refractivity contribution is 6.32. The van der Waals surface area contributed by atoms with Crippen molar-refractivity contribution in [2.24, 2.45) is 23.7 Å². The van der Waals surface area contributed by atoms with Gasteiger partial charge in [-0.25, -0.2) is 14.6 Å². The molecular formula is C40H31ClN2O9. The number of anilines is 2. The molecule has 0 radical (unpaired) electrons. The van der Waals surface area contributed by atoms with E-state index in [9.17, 15) is 34.5 Å². The molecule has 2 aliphatic heterocycles. The number of hydrogen-bond acceptors (Lipinski definition) is 8. The lowest BCUT2D eigenvalue weighted by molar-refractivity contribution is -0.127. The van der Waals surface area contributed by atoms with Crippen LogP contribution in [0.25, 0.3) is 0 Å². The molecule has 8 rings (SSSR count). The van der Waals surface area contributed by atoms with Crippen molar-refractivity contribution in [2.45, 2.75) is 24.2 Å². The van der Waals surface area contributed by atoms with Gasteiger partial charge in [-0.2, -0.15) is 0 Å². The molecule has 12 heteroatoms. The maximum Gasteiger partial charge on any atom is 0.339 e. The molecule has 3 N–H and O–H groups in total. The Balaban J connectivity index is 1.33. The maximum absolute atomic E-state index is 15.3. The first kappa shape index (κ1) is 33.2.